The van der Waals surface area contributed by atoms with Gasteiger partial charge in [0.2, 0.25) is 0 Å². The summed E-state index contributed by atoms with van der Waals surface area (Å²) in [4.78, 5) is 18.4. The topological polar surface area (TPSA) is 67.2 Å². The quantitative estimate of drug-likeness (QED) is 0.661. The number of carbonyl (C=O) groups excluding carboxylic acids is 1. The molecular formula is C22H27N3O2S. The predicted molar refractivity (Wildman–Crippen MR) is 114 cm³/mol. The molecule has 5 nitrogen and oxygen atoms in total. The average molecular weight is 398 g/mol. The first-order valence-electron chi connectivity index (χ1n) is 9.96. The molecule has 2 heterocycles. The number of carbonyl (C=O) groups is 1. The van der Waals surface area contributed by atoms with Crippen LogP contribution < -0.4 is 5.32 Å². The lowest BCUT2D eigenvalue weighted by atomic mass is 9.95. The largest absolute Gasteiger partial charge is 0.389 e. The average Bonchev–Trinajstić information content (AvgIpc) is 3.31. The van der Waals surface area contributed by atoms with E-state index in [0.717, 1.165) is 34.2 Å². The summed E-state index contributed by atoms with van der Waals surface area (Å²) in [5.41, 5.74) is 3.61. The van der Waals surface area contributed by atoms with Crippen LogP contribution in [0.4, 0.5) is 0 Å². The molecule has 0 saturated heterocycles. The lowest BCUT2D eigenvalue weighted by Gasteiger charge is -2.23. The molecule has 4 rings (SSSR count). The number of nitrogens with one attached hydrogen (secondary N) is 1. The molecule has 2 N–H and O–H groups in total. The zero-order valence-corrected chi connectivity index (χ0v) is 17.3. The van der Waals surface area contributed by atoms with E-state index in [1.54, 1.807) is 30.7 Å². The normalized spacial score (nSPS) is 15.8. The van der Waals surface area contributed by atoms with E-state index < -0.39 is 5.60 Å². The van der Waals surface area contributed by atoms with Crippen LogP contribution in [0.3, 0.4) is 0 Å². The molecule has 1 aliphatic rings. The molecule has 28 heavy (non-hydrogen) atoms. The maximum atomic E-state index is 13.2. The van der Waals surface area contributed by atoms with E-state index in [4.69, 9.17) is 0 Å². The van der Waals surface area contributed by atoms with Gasteiger partial charge < -0.3 is 15.0 Å². The van der Waals surface area contributed by atoms with Crippen molar-refractivity contribution in [3.63, 3.8) is 0 Å². The fourth-order valence-electron chi connectivity index (χ4n) is 4.05. The molecule has 1 amide bonds. The minimum Gasteiger partial charge on any atom is -0.389 e. The highest BCUT2D eigenvalue weighted by Crippen LogP contribution is 2.31. The van der Waals surface area contributed by atoms with Crippen LogP contribution in [0.25, 0.3) is 21.3 Å². The second-order valence-corrected chi connectivity index (χ2v) is 9.27. The molecule has 6 heteroatoms. The fraction of sp³-hybridized carbons (Fsp3) is 0.455. The molecule has 2 aromatic heterocycles. The number of hydrogen-bond donors (Lipinski definition) is 2. The Morgan fingerprint density at radius 2 is 2.11 bits per heavy atom. The number of hydrogen-bond acceptors (Lipinski definition) is 4. The van der Waals surface area contributed by atoms with Gasteiger partial charge in [0, 0.05) is 34.9 Å². The molecule has 0 unspecified atom stereocenters. The number of fused-ring (bicyclic) bond motifs is 1. The molecule has 1 aromatic carbocycles. The summed E-state index contributed by atoms with van der Waals surface area (Å²) >= 11 is 1.56. The number of benzene rings is 1. The minimum atomic E-state index is -0.836. The number of rotatable bonds is 5. The zero-order chi connectivity index (χ0) is 19.7. The summed E-state index contributed by atoms with van der Waals surface area (Å²) < 4.78 is 2.03. The van der Waals surface area contributed by atoms with Gasteiger partial charge in [-0.1, -0.05) is 19.3 Å². The predicted octanol–water partition coefficient (Wildman–Crippen LogP) is 4.60. The van der Waals surface area contributed by atoms with Crippen LogP contribution in [-0.2, 0) is 6.54 Å². The number of amides is 1. The molecule has 0 aliphatic heterocycles. The Hall–Kier alpha value is -2.18. The van der Waals surface area contributed by atoms with Gasteiger partial charge in [-0.05, 0) is 50.5 Å². The van der Waals surface area contributed by atoms with Crippen molar-refractivity contribution in [2.75, 3.05) is 0 Å². The van der Waals surface area contributed by atoms with Gasteiger partial charge in [-0.15, -0.1) is 11.3 Å². The summed E-state index contributed by atoms with van der Waals surface area (Å²) in [5, 5.41) is 14.5. The van der Waals surface area contributed by atoms with E-state index in [1.165, 1.54) is 19.3 Å². The molecule has 0 bridgehead atoms. The third kappa shape index (κ3) is 4.13. The molecule has 1 aliphatic carbocycles. The van der Waals surface area contributed by atoms with Crippen LogP contribution in [0.1, 0.15) is 56.3 Å². The van der Waals surface area contributed by atoms with E-state index in [1.807, 2.05) is 29.1 Å². The molecule has 0 atom stereocenters. The first-order chi connectivity index (χ1) is 13.4. The first kappa shape index (κ1) is 19.2. The standard InChI is InChI=1S/C22H27N3O2S/c1-22(2,27)13-25-9-8-17-18(21(26)24-16-6-4-3-5-7-16)10-15(11-19(17)25)20-12-23-14-28-20/h8-12,14,16,27H,3-7,13H2,1-2H3,(H,24,26). The van der Waals surface area contributed by atoms with E-state index in [0.29, 0.717) is 12.1 Å². The van der Waals surface area contributed by atoms with Crippen molar-refractivity contribution in [3.05, 3.63) is 41.7 Å². The van der Waals surface area contributed by atoms with E-state index in [2.05, 4.69) is 16.4 Å². The van der Waals surface area contributed by atoms with Crippen molar-refractivity contribution in [2.45, 2.75) is 64.1 Å². The van der Waals surface area contributed by atoms with Crippen LogP contribution >= 0.6 is 11.3 Å². The summed E-state index contributed by atoms with van der Waals surface area (Å²) in [6.45, 7) is 4.05. The lowest BCUT2D eigenvalue weighted by Crippen LogP contribution is -2.36. The molecule has 0 spiro atoms. The summed E-state index contributed by atoms with van der Waals surface area (Å²) in [7, 11) is 0. The SMILES string of the molecule is CC(C)(O)Cn1ccc2c(C(=O)NC3CCCCC3)cc(-c3cncs3)cc21. The van der Waals surface area contributed by atoms with Crippen LogP contribution in [0.5, 0.6) is 0 Å². The van der Waals surface area contributed by atoms with Gasteiger partial charge in [0.25, 0.3) is 5.91 Å². The Morgan fingerprint density at radius 1 is 1.32 bits per heavy atom. The van der Waals surface area contributed by atoms with Gasteiger partial charge in [-0.25, -0.2) is 0 Å². The highest BCUT2D eigenvalue weighted by atomic mass is 32.1. The van der Waals surface area contributed by atoms with Gasteiger partial charge in [0.1, 0.15) is 0 Å². The molecular weight excluding hydrogens is 370 g/mol. The van der Waals surface area contributed by atoms with Crippen molar-refractivity contribution >= 4 is 28.1 Å². The Labute approximate surface area is 169 Å². The van der Waals surface area contributed by atoms with Gasteiger partial charge in [0.05, 0.1) is 22.5 Å². The fourth-order valence-corrected chi connectivity index (χ4v) is 4.66. The van der Waals surface area contributed by atoms with Gasteiger partial charge >= 0.3 is 0 Å². The molecule has 0 radical (unpaired) electrons. The maximum Gasteiger partial charge on any atom is 0.252 e. The minimum absolute atomic E-state index is 0.00993. The number of thiazole rings is 1. The van der Waals surface area contributed by atoms with Crippen LogP contribution in [0, 0.1) is 0 Å². The summed E-state index contributed by atoms with van der Waals surface area (Å²) in [6, 6.07) is 6.31. The van der Waals surface area contributed by atoms with E-state index in [-0.39, 0.29) is 11.9 Å². The van der Waals surface area contributed by atoms with E-state index >= 15 is 0 Å². The number of aliphatic hydroxyl groups is 1. The van der Waals surface area contributed by atoms with Crippen LogP contribution in [-0.4, -0.2) is 32.2 Å². The highest BCUT2D eigenvalue weighted by molar-refractivity contribution is 7.13. The second kappa shape index (κ2) is 7.68. The lowest BCUT2D eigenvalue weighted by molar-refractivity contribution is 0.0628. The Bertz CT molecular complexity index is 964. The van der Waals surface area contributed by atoms with Crippen LogP contribution in [0.2, 0.25) is 0 Å². The van der Waals surface area contributed by atoms with E-state index in [9.17, 15) is 9.90 Å². The molecule has 148 valence electrons. The Balaban J connectivity index is 1.76. The number of nitrogens with zero attached hydrogens (tertiary/aromatic N) is 2. The maximum absolute atomic E-state index is 13.2. The highest BCUT2D eigenvalue weighted by Gasteiger charge is 2.21. The van der Waals surface area contributed by atoms with Crippen molar-refractivity contribution in [1.82, 2.24) is 14.9 Å². The summed E-state index contributed by atoms with van der Waals surface area (Å²) in [6.07, 6.45) is 9.53. The Morgan fingerprint density at radius 3 is 2.79 bits per heavy atom. The molecule has 1 fully saturated rings. The zero-order valence-electron chi connectivity index (χ0n) is 16.4. The Kier molecular flexibility index (Phi) is 5.25. The monoisotopic (exact) mass is 397 g/mol. The molecule has 3 aromatic rings. The van der Waals surface area contributed by atoms with Crippen molar-refractivity contribution in [2.24, 2.45) is 0 Å². The van der Waals surface area contributed by atoms with Crippen molar-refractivity contribution < 1.29 is 9.90 Å². The second-order valence-electron chi connectivity index (χ2n) is 8.39. The van der Waals surface area contributed by atoms with Crippen molar-refractivity contribution in [1.29, 1.82) is 0 Å². The van der Waals surface area contributed by atoms with Crippen LogP contribution in [0.15, 0.2) is 36.1 Å². The first-order valence-corrected chi connectivity index (χ1v) is 10.8. The molecule has 1 saturated carbocycles. The number of aromatic nitrogens is 2. The third-order valence-corrected chi connectivity index (χ3v) is 6.17. The van der Waals surface area contributed by atoms with Gasteiger partial charge in [-0.2, -0.15) is 0 Å². The van der Waals surface area contributed by atoms with Gasteiger partial charge in [-0.3, -0.25) is 9.78 Å². The summed E-state index contributed by atoms with van der Waals surface area (Å²) in [5.74, 6) is -0.00993. The van der Waals surface area contributed by atoms with Crippen molar-refractivity contribution in [3.8, 4) is 10.4 Å². The third-order valence-electron chi connectivity index (χ3n) is 5.35. The van der Waals surface area contributed by atoms with Gasteiger partial charge in [0.15, 0.2) is 0 Å². The smallest absolute Gasteiger partial charge is 0.252 e.